The third-order valence-corrected chi connectivity index (χ3v) is 3.77. The zero-order valence-electron chi connectivity index (χ0n) is 10.5. The minimum atomic E-state index is -0.859. The summed E-state index contributed by atoms with van der Waals surface area (Å²) in [6.45, 7) is 1.99. The van der Waals surface area contributed by atoms with Gasteiger partial charge in [0.2, 0.25) is 0 Å². The summed E-state index contributed by atoms with van der Waals surface area (Å²) in [6, 6.07) is 11.4. The molecule has 0 saturated heterocycles. The van der Waals surface area contributed by atoms with Crippen molar-refractivity contribution in [1.82, 2.24) is 4.98 Å². The van der Waals surface area contributed by atoms with Crippen LogP contribution in [0.5, 0.6) is 0 Å². The Hall–Kier alpha value is -1.68. The van der Waals surface area contributed by atoms with Crippen molar-refractivity contribution in [2.24, 2.45) is 0 Å². The van der Waals surface area contributed by atoms with Crippen LogP contribution in [-0.2, 0) is 11.2 Å². The summed E-state index contributed by atoms with van der Waals surface area (Å²) in [5.74, 6) is -1.50. The molecular formula is C15H14BrNO2. The summed E-state index contributed by atoms with van der Waals surface area (Å²) in [4.78, 5) is 15.7. The molecule has 0 amide bonds. The van der Waals surface area contributed by atoms with Gasteiger partial charge in [-0.15, -0.1) is 0 Å². The highest BCUT2D eigenvalue weighted by Crippen LogP contribution is 2.27. The van der Waals surface area contributed by atoms with Gasteiger partial charge in [0, 0.05) is 10.7 Å². The van der Waals surface area contributed by atoms with E-state index in [-0.39, 0.29) is 0 Å². The molecule has 0 saturated carbocycles. The Balaban J connectivity index is 2.35. The Bertz CT molecular complexity index is 598. The van der Waals surface area contributed by atoms with Crippen molar-refractivity contribution in [3.05, 3.63) is 63.9 Å². The van der Waals surface area contributed by atoms with E-state index in [0.29, 0.717) is 12.1 Å². The molecule has 0 spiro atoms. The van der Waals surface area contributed by atoms with Gasteiger partial charge in [-0.25, -0.2) is 0 Å². The lowest BCUT2D eigenvalue weighted by Crippen LogP contribution is -2.16. The molecule has 1 unspecified atom stereocenters. The van der Waals surface area contributed by atoms with E-state index >= 15 is 0 Å². The topological polar surface area (TPSA) is 50.2 Å². The van der Waals surface area contributed by atoms with Crippen LogP contribution in [0.25, 0.3) is 0 Å². The normalized spacial score (nSPS) is 12.1. The molecule has 0 bridgehead atoms. The van der Waals surface area contributed by atoms with Crippen LogP contribution in [0.1, 0.15) is 22.7 Å². The van der Waals surface area contributed by atoms with Gasteiger partial charge in [-0.05, 0) is 52.5 Å². The zero-order chi connectivity index (χ0) is 13.8. The second-order valence-electron chi connectivity index (χ2n) is 4.39. The number of hydrogen-bond acceptors (Lipinski definition) is 2. The number of pyridine rings is 1. The maximum absolute atomic E-state index is 11.5. The van der Waals surface area contributed by atoms with Gasteiger partial charge in [0.05, 0.1) is 5.69 Å². The van der Waals surface area contributed by atoms with Crippen molar-refractivity contribution < 1.29 is 9.90 Å². The average molecular weight is 320 g/mol. The Morgan fingerprint density at radius 2 is 2.05 bits per heavy atom. The molecule has 0 radical (unpaired) electrons. The molecule has 1 atom stereocenters. The van der Waals surface area contributed by atoms with Crippen LogP contribution in [0.2, 0.25) is 0 Å². The summed E-state index contributed by atoms with van der Waals surface area (Å²) in [6.07, 6.45) is 2.06. The molecular weight excluding hydrogens is 306 g/mol. The molecule has 0 fully saturated rings. The highest BCUT2D eigenvalue weighted by molar-refractivity contribution is 9.10. The van der Waals surface area contributed by atoms with Crippen LogP contribution in [0.15, 0.2) is 47.1 Å². The third kappa shape index (κ3) is 3.20. The zero-order valence-corrected chi connectivity index (χ0v) is 12.1. The van der Waals surface area contributed by atoms with E-state index < -0.39 is 11.9 Å². The Labute approximate surface area is 120 Å². The third-order valence-electron chi connectivity index (χ3n) is 3.10. The second-order valence-corrected chi connectivity index (χ2v) is 5.25. The standard InChI is InChI=1S/C15H14BrNO2/c1-10-5-2-3-6-11(10)9-12(15(18)19)14-13(16)7-4-8-17-14/h2-8,12H,9H2,1H3,(H,18,19). The van der Waals surface area contributed by atoms with Gasteiger partial charge in [0.25, 0.3) is 0 Å². The van der Waals surface area contributed by atoms with Crippen molar-refractivity contribution in [1.29, 1.82) is 0 Å². The number of halogens is 1. The molecule has 2 rings (SSSR count). The molecule has 1 aromatic heterocycles. The summed E-state index contributed by atoms with van der Waals surface area (Å²) in [5.41, 5.74) is 2.70. The van der Waals surface area contributed by atoms with Crippen LogP contribution in [-0.4, -0.2) is 16.1 Å². The lowest BCUT2D eigenvalue weighted by molar-refractivity contribution is -0.138. The number of nitrogens with zero attached hydrogens (tertiary/aromatic N) is 1. The van der Waals surface area contributed by atoms with Crippen molar-refractivity contribution in [3.63, 3.8) is 0 Å². The summed E-state index contributed by atoms with van der Waals surface area (Å²) < 4.78 is 0.732. The fraction of sp³-hybridized carbons (Fsp3) is 0.200. The van der Waals surface area contributed by atoms with E-state index in [1.165, 1.54) is 0 Å². The van der Waals surface area contributed by atoms with Gasteiger partial charge in [-0.3, -0.25) is 9.78 Å². The van der Waals surface area contributed by atoms with E-state index in [2.05, 4.69) is 20.9 Å². The average Bonchev–Trinajstić information content (AvgIpc) is 2.38. The fourth-order valence-corrected chi connectivity index (χ4v) is 2.55. The van der Waals surface area contributed by atoms with Crippen LogP contribution < -0.4 is 0 Å². The monoisotopic (exact) mass is 319 g/mol. The second kappa shape index (κ2) is 5.97. The van der Waals surface area contributed by atoms with E-state index in [9.17, 15) is 9.90 Å². The molecule has 1 aromatic carbocycles. The van der Waals surface area contributed by atoms with Crippen LogP contribution in [0.3, 0.4) is 0 Å². The molecule has 1 N–H and O–H groups in total. The summed E-state index contributed by atoms with van der Waals surface area (Å²) in [7, 11) is 0. The van der Waals surface area contributed by atoms with Crippen molar-refractivity contribution in [3.8, 4) is 0 Å². The van der Waals surface area contributed by atoms with Crippen LogP contribution in [0.4, 0.5) is 0 Å². The first-order valence-corrected chi connectivity index (χ1v) is 6.76. The summed E-state index contributed by atoms with van der Waals surface area (Å²) in [5, 5.41) is 9.44. The molecule has 2 aromatic rings. The predicted octanol–water partition coefficient (Wildman–Crippen LogP) is 3.56. The molecule has 0 aliphatic carbocycles. The SMILES string of the molecule is Cc1ccccc1CC(C(=O)O)c1ncccc1Br. The largest absolute Gasteiger partial charge is 0.481 e. The molecule has 98 valence electrons. The minimum absolute atomic E-state index is 0.442. The molecule has 4 heteroatoms. The minimum Gasteiger partial charge on any atom is -0.481 e. The maximum Gasteiger partial charge on any atom is 0.312 e. The Morgan fingerprint density at radius 3 is 2.68 bits per heavy atom. The van der Waals surface area contributed by atoms with Crippen molar-refractivity contribution in [2.75, 3.05) is 0 Å². The molecule has 19 heavy (non-hydrogen) atoms. The quantitative estimate of drug-likeness (QED) is 0.937. The number of benzene rings is 1. The Kier molecular flexibility index (Phi) is 4.32. The predicted molar refractivity (Wildman–Crippen MR) is 77.2 cm³/mol. The van der Waals surface area contributed by atoms with E-state index in [1.54, 1.807) is 12.3 Å². The number of aromatic nitrogens is 1. The first kappa shape index (κ1) is 13.7. The van der Waals surface area contributed by atoms with Gasteiger partial charge in [0.1, 0.15) is 5.92 Å². The number of hydrogen-bond donors (Lipinski definition) is 1. The van der Waals surface area contributed by atoms with Crippen LogP contribution in [0, 0.1) is 6.92 Å². The number of carboxylic acid groups (broad SMARTS) is 1. The number of aliphatic carboxylic acids is 1. The van der Waals surface area contributed by atoms with Gasteiger partial charge < -0.3 is 5.11 Å². The summed E-state index contributed by atoms with van der Waals surface area (Å²) >= 11 is 3.37. The van der Waals surface area contributed by atoms with Crippen LogP contribution >= 0.6 is 15.9 Å². The van der Waals surface area contributed by atoms with Gasteiger partial charge in [0.15, 0.2) is 0 Å². The molecule has 0 aliphatic heterocycles. The van der Waals surface area contributed by atoms with Gasteiger partial charge in [-0.2, -0.15) is 0 Å². The number of carbonyl (C=O) groups is 1. The maximum atomic E-state index is 11.5. The first-order valence-electron chi connectivity index (χ1n) is 5.97. The first-order chi connectivity index (χ1) is 9.09. The van der Waals surface area contributed by atoms with Crippen molar-refractivity contribution >= 4 is 21.9 Å². The number of carboxylic acids is 1. The van der Waals surface area contributed by atoms with Gasteiger partial charge in [-0.1, -0.05) is 24.3 Å². The van der Waals surface area contributed by atoms with E-state index in [1.807, 2.05) is 37.3 Å². The smallest absolute Gasteiger partial charge is 0.312 e. The Morgan fingerprint density at radius 1 is 1.32 bits per heavy atom. The highest BCUT2D eigenvalue weighted by Gasteiger charge is 2.24. The van der Waals surface area contributed by atoms with E-state index in [0.717, 1.165) is 15.6 Å². The van der Waals surface area contributed by atoms with Gasteiger partial charge >= 0.3 is 5.97 Å². The highest BCUT2D eigenvalue weighted by atomic mass is 79.9. The lowest BCUT2D eigenvalue weighted by atomic mass is 9.93. The van der Waals surface area contributed by atoms with Crippen molar-refractivity contribution in [2.45, 2.75) is 19.3 Å². The molecule has 0 aliphatic rings. The van der Waals surface area contributed by atoms with E-state index in [4.69, 9.17) is 0 Å². The number of aryl methyl sites for hydroxylation is 1. The molecule has 1 heterocycles. The lowest BCUT2D eigenvalue weighted by Gasteiger charge is -2.14. The number of rotatable bonds is 4. The fourth-order valence-electron chi connectivity index (χ4n) is 2.01. The molecule has 3 nitrogen and oxygen atoms in total.